The third-order valence-corrected chi connectivity index (χ3v) is 5.73. The molecular weight excluding hydrogens is 420 g/mol. The number of nitro groups is 1. The highest BCUT2D eigenvalue weighted by atomic mass is 16.6. The van der Waals surface area contributed by atoms with Gasteiger partial charge in [0.05, 0.1) is 10.5 Å². The van der Waals surface area contributed by atoms with Crippen LogP contribution in [-0.2, 0) is 4.79 Å². The maximum atomic E-state index is 13.0. The first-order valence-corrected chi connectivity index (χ1v) is 11.3. The normalized spacial score (nSPS) is 14.7. The number of non-ortho nitro benzene ring substituents is 1. The first-order chi connectivity index (χ1) is 15.9. The van der Waals surface area contributed by atoms with Gasteiger partial charge in [-0.3, -0.25) is 19.7 Å². The number of amides is 2. The second-order valence-electron chi connectivity index (χ2n) is 8.23. The summed E-state index contributed by atoms with van der Waals surface area (Å²) in [6.45, 7) is 5.80. The minimum atomic E-state index is -0.469. The molecule has 2 aromatic rings. The highest BCUT2D eigenvalue weighted by molar-refractivity contribution is 6.05. The Hall–Kier alpha value is -3.68. The number of hydrogen-bond donors (Lipinski definition) is 2. The molecule has 8 heteroatoms. The molecule has 1 unspecified atom stereocenters. The number of benzene rings is 2. The summed E-state index contributed by atoms with van der Waals surface area (Å²) in [5, 5.41) is 16.6. The van der Waals surface area contributed by atoms with Gasteiger partial charge in [0.25, 0.3) is 11.6 Å². The van der Waals surface area contributed by atoms with Crippen molar-refractivity contribution in [2.24, 2.45) is 0 Å². The molecule has 33 heavy (non-hydrogen) atoms. The SMILES string of the molecule is CCC(C)NC(=O)c1cc(NC(=O)C=Cc2ccc([N+](=O)[O-])cc2)ccc1N1CCCCC1. The number of nitrogens with zero attached hydrogens (tertiary/aromatic N) is 2. The van der Waals surface area contributed by atoms with Crippen LogP contribution in [0.3, 0.4) is 0 Å². The monoisotopic (exact) mass is 450 g/mol. The topological polar surface area (TPSA) is 105 Å². The number of nitrogens with one attached hydrogen (secondary N) is 2. The van der Waals surface area contributed by atoms with Crippen LogP contribution < -0.4 is 15.5 Å². The van der Waals surface area contributed by atoms with Crippen molar-refractivity contribution >= 4 is 35.0 Å². The lowest BCUT2D eigenvalue weighted by Crippen LogP contribution is -2.35. The first kappa shape index (κ1) is 24.0. The average molecular weight is 451 g/mol. The van der Waals surface area contributed by atoms with E-state index in [1.165, 1.54) is 24.6 Å². The lowest BCUT2D eigenvalue weighted by molar-refractivity contribution is -0.384. The third-order valence-electron chi connectivity index (χ3n) is 5.73. The highest BCUT2D eigenvalue weighted by Crippen LogP contribution is 2.27. The van der Waals surface area contributed by atoms with Crippen molar-refractivity contribution in [2.45, 2.75) is 45.6 Å². The number of rotatable bonds is 8. The van der Waals surface area contributed by atoms with E-state index < -0.39 is 4.92 Å². The summed E-state index contributed by atoms with van der Waals surface area (Å²) < 4.78 is 0. The standard InChI is InChI=1S/C25H30N4O4/c1-3-18(2)26-25(31)22-17-20(10-13-23(22)28-15-5-4-6-16-28)27-24(30)14-9-19-7-11-21(12-8-19)29(32)33/h7-14,17-18H,3-6,15-16H2,1-2H3,(H,26,31)(H,27,30). The fourth-order valence-corrected chi connectivity index (χ4v) is 3.67. The molecule has 2 N–H and O–H groups in total. The molecular formula is C25H30N4O4. The number of anilines is 2. The van der Waals surface area contributed by atoms with Gasteiger partial charge in [0, 0.05) is 48.7 Å². The highest BCUT2D eigenvalue weighted by Gasteiger charge is 2.20. The second-order valence-corrected chi connectivity index (χ2v) is 8.23. The van der Waals surface area contributed by atoms with Crippen LogP contribution in [0.2, 0.25) is 0 Å². The van der Waals surface area contributed by atoms with Crippen LogP contribution in [0.4, 0.5) is 17.1 Å². The molecule has 1 aliphatic heterocycles. The summed E-state index contributed by atoms with van der Waals surface area (Å²) in [4.78, 5) is 37.9. The van der Waals surface area contributed by atoms with Crippen molar-refractivity contribution in [3.05, 3.63) is 69.8 Å². The maximum Gasteiger partial charge on any atom is 0.269 e. The predicted molar refractivity (Wildman–Crippen MR) is 130 cm³/mol. The van der Waals surface area contributed by atoms with E-state index in [4.69, 9.17) is 0 Å². The molecule has 1 heterocycles. The van der Waals surface area contributed by atoms with Crippen LogP contribution in [0.25, 0.3) is 6.08 Å². The molecule has 1 saturated heterocycles. The quantitative estimate of drug-likeness (QED) is 0.343. The molecule has 2 amide bonds. The summed E-state index contributed by atoms with van der Waals surface area (Å²) in [5.41, 5.74) is 2.63. The fraction of sp³-hybridized carbons (Fsp3) is 0.360. The zero-order chi connectivity index (χ0) is 23.8. The molecule has 1 atom stereocenters. The van der Waals surface area contributed by atoms with Crippen molar-refractivity contribution in [3.8, 4) is 0 Å². The van der Waals surface area contributed by atoms with Crippen LogP contribution in [0.15, 0.2) is 48.5 Å². The van der Waals surface area contributed by atoms with Gasteiger partial charge in [-0.15, -0.1) is 0 Å². The Morgan fingerprint density at radius 3 is 2.45 bits per heavy atom. The second kappa shape index (κ2) is 11.3. The van der Waals surface area contributed by atoms with Crippen LogP contribution in [0.5, 0.6) is 0 Å². The van der Waals surface area contributed by atoms with Gasteiger partial charge < -0.3 is 15.5 Å². The molecule has 0 aromatic heterocycles. The van der Waals surface area contributed by atoms with E-state index in [0.29, 0.717) is 16.8 Å². The Bertz CT molecular complexity index is 1030. The van der Waals surface area contributed by atoms with Gasteiger partial charge >= 0.3 is 0 Å². The van der Waals surface area contributed by atoms with E-state index in [1.54, 1.807) is 24.3 Å². The third kappa shape index (κ3) is 6.65. The zero-order valence-corrected chi connectivity index (χ0v) is 19.0. The molecule has 174 valence electrons. The largest absolute Gasteiger partial charge is 0.371 e. The Kier molecular flexibility index (Phi) is 8.18. The van der Waals surface area contributed by atoms with Gasteiger partial charge in [0.1, 0.15) is 0 Å². The van der Waals surface area contributed by atoms with Crippen molar-refractivity contribution < 1.29 is 14.5 Å². The van der Waals surface area contributed by atoms with E-state index in [2.05, 4.69) is 15.5 Å². The van der Waals surface area contributed by atoms with Crippen LogP contribution >= 0.6 is 0 Å². The van der Waals surface area contributed by atoms with Crippen molar-refractivity contribution in [2.75, 3.05) is 23.3 Å². The van der Waals surface area contributed by atoms with Gasteiger partial charge in [-0.2, -0.15) is 0 Å². The molecule has 1 aliphatic rings. The van der Waals surface area contributed by atoms with Gasteiger partial charge in [-0.05, 0) is 74.6 Å². The van der Waals surface area contributed by atoms with Crippen LogP contribution in [0.1, 0.15) is 55.5 Å². The number of nitro benzene ring substituents is 1. The van der Waals surface area contributed by atoms with E-state index in [-0.39, 0.29) is 23.5 Å². The number of carbonyl (C=O) groups excluding carboxylic acids is 2. The minimum absolute atomic E-state index is 0.00593. The molecule has 2 aromatic carbocycles. The van der Waals surface area contributed by atoms with Crippen molar-refractivity contribution in [1.29, 1.82) is 0 Å². The number of piperidine rings is 1. The Labute approximate surface area is 193 Å². The van der Waals surface area contributed by atoms with Crippen LogP contribution in [0, 0.1) is 10.1 Å². The summed E-state index contributed by atoms with van der Waals surface area (Å²) in [7, 11) is 0. The molecule has 0 aliphatic carbocycles. The summed E-state index contributed by atoms with van der Waals surface area (Å²) >= 11 is 0. The zero-order valence-electron chi connectivity index (χ0n) is 19.0. The van der Waals surface area contributed by atoms with Gasteiger partial charge in [-0.25, -0.2) is 0 Å². The summed E-state index contributed by atoms with van der Waals surface area (Å²) in [6, 6.07) is 11.4. The fourth-order valence-electron chi connectivity index (χ4n) is 3.67. The average Bonchev–Trinajstić information content (AvgIpc) is 2.83. The van der Waals surface area contributed by atoms with Gasteiger partial charge in [0.2, 0.25) is 5.91 Å². The Morgan fingerprint density at radius 1 is 1.12 bits per heavy atom. The van der Waals surface area contributed by atoms with Crippen molar-refractivity contribution in [3.63, 3.8) is 0 Å². The Balaban J connectivity index is 1.76. The molecule has 1 fully saturated rings. The lowest BCUT2D eigenvalue weighted by atomic mass is 10.1. The molecule has 0 saturated carbocycles. The first-order valence-electron chi connectivity index (χ1n) is 11.3. The van der Waals surface area contributed by atoms with E-state index in [0.717, 1.165) is 38.0 Å². The van der Waals surface area contributed by atoms with E-state index in [9.17, 15) is 19.7 Å². The lowest BCUT2D eigenvalue weighted by Gasteiger charge is -2.30. The van der Waals surface area contributed by atoms with Gasteiger partial charge in [0.15, 0.2) is 0 Å². The summed E-state index contributed by atoms with van der Waals surface area (Å²) in [6.07, 6.45) is 7.15. The maximum absolute atomic E-state index is 13.0. The molecule has 8 nitrogen and oxygen atoms in total. The Morgan fingerprint density at radius 2 is 1.82 bits per heavy atom. The van der Waals surface area contributed by atoms with Crippen molar-refractivity contribution in [1.82, 2.24) is 5.32 Å². The van der Waals surface area contributed by atoms with E-state index in [1.807, 2.05) is 26.0 Å². The predicted octanol–water partition coefficient (Wildman–Crippen LogP) is 4.77. The number of hydrogen-bond acceptors (Lipinski definition) is 5. The number of carbonyl (C=O) groups is 2. The summed E-state index contributed by atoms with van der Waals surface area (Å²) in [5.74, 6) is -0.505. The van der Waals surface area contributed by atoms with Gasteiger partial charge in [-0.1, -0.05) is 6.92 Å². The molecule has 3 rings (SSSR count). The molecule has 0 bridgehead atoms. The van der Waals surface area contributed by atoms with Crippen LogP contribution in [-0.4, -0.2) is 35.9 Å². The van der Waals surface area contributed by atoms with E-state index >= 15 is 0 Å². The molecule has 0 radical (unpaired) electrons. The smallest absolute Gasteiger partial charge is 0.269 e. The minimum Gasteiger partial charge on any atom is -0.371 e. The molecule has 0 spiro atoms.